The molecule has 0 aliphatic heterocycles. The number of rotatable bonds is 6. The van der Waals surface area contributed by atoms with Gasteiger partial charge in [-0.25, -0.2) is 9.97 Å². The van der Waals surface area contributed by atoms with E-state index in [0.717, 1.165) is 31.2 Å². The summed E-state index contributed by atoms with van der Waals surface area (Å²) in [7, 11) is 4.18. The van der Waals surface area contributed by atoms with E-state index in [2.05, 4.69) is 47.7 Å². The number of nitrogens with zero attached hydrogens (tertiary/aromatic N) is 4. The fourth-order valence-corrected chi connectivity index (χ4v) is 2.13. The molecule has 0 aliphatic rings. The fraction of sp³-hybridized carbons (Fsp3) is 0.692. The van der Waals surface area contributed by atoms with Crippen molar-refractivity contribution in [3.05, 3.63) is 17.6 Å². The van der Waals surface area contributed by atoms with Crippen LogP contribution in [0.1, 0.15) is 25.4 Å². The van der Waals surface area contributed by atoms with E-state index in [1.54, 1.807) is 6.07 Å². The highest BCUT2D eigenvalue weighted by Crippen LogP contribution is 2.08. The monoisotopic (exact) mass is 251 g/mol. The Morgan fingerprint density at radius 2 is 2.00 bits per heavy atom. The molecule has 0 aliphatic carbocycles. The second-order valence-corrected chi connectivity index (χ2v) is 5.02. The SMILES string of the molecule is CCN(Cc1nc(C)cc(N)n1)C(C)CN(C)C. The molecule has 18 heavy (non-hydrogen) atoms. The molecule has 0 aromatic carbocycles. The molecular weight excluding hydrogens is 226 g/mol. The van der Waals surface area contributed by atoms with E-state index in [1.165, 1.54) is 0 Å². The van der Waals surface area contributed by atoms with Crippen molar-refractivity contribution in [1.82, 2.24) is 19.8 Å². The summed E-state index contributed by atoms with van der Waals surface area (Å²) in [5.41, 5.74) is 6.68. The molecule has 0 spiro atoms. The van der Waals surface area contributed by atoms with E-state index in [0.29, 0.717) is 11.9 Å². The largest absolute Gasteiger partial charge is 0.384 e. The van der Waals surface area contributed by atoms with Crippen molar-refractivity contribution in [2.45, 2.75) is 33.4 Å². The summed E-state index contributed by atoms with van der Waals surface area (Å²) < 4.78 is 0. The predicted molar refractivity (Wildman–Crippen MR) is 75.3 cm³/mol. The first-order chi connectivity index (χ1) is 8.42. The van der Waals surface area contributed by atoms with Gasteiger partial charge in [-0.3, -0.25) is 4.90 Å². The normalized spacial score (nSPS) is 13.3. The average molecular weight is 251 g/mol. The van der Waals surface area contributed by atoms with Crippen LogP contribution in [-0.4, -0.2) is 53.0 Å². The molecule has 0 saturated carbocycles. The first kappa shape index (κ1) is 14.9. The number of nitrogen functional groups attached to an aromatic ring is 1. The molecule has 1 rings (SSSR count). The lowest BCUT2D eigenvalue weighted by atomic mass is 10.2. The molecular formula is C13H25N5. The van der Waals surface area contributed by atoms with Gasteiger partial charge in [-0.05, 0) is 34.5 Å². The van der Waals surface area contributed by atoms with E-state index in [4.69, 9.17) is 5.73 Å². The van der Waals surface area contributed by atoms with E-state index >= 15 is 0 Å². The van der Waals surface area contributed by atoms with Gasteiger partial charge < -0.3 is 10.6 Å². The zero-order chi connectivity index (χ0) is 13.7. The molecule has 1 unspecified atom stereocenters. The Morgan fingerprint density at radius 1 is 1.33 bits per heavy atom. The molecule has 5 heteroatoms. The Hall–Kier alpha value is -1.20. The van der Waals surface area contributed by atoms with Crippen LogP contribution < -0.4 is 5.73 Å². The third kappa shape index (κ3) is 4.58. The number of aryl methyl sites for hydroxylation is 1. The number of hydrogen-bond donors (Lipinski definition) is 1. The third-order valence-corrected chi connectivity index (χ3v) is 2.92. The van der Waals surface area contributed by atoms with Crippen molar-refractivity contribution in [2.24, 2.45) is 0 Å². The average Bonchev–Trinajstić information content (AvgIpc) is 2.23. The van der Waals surface area contributed by atoms with Crippen molar-refractivity contribution in [3.8, 4) is 0 Å². The molecule has 1 aromatic rings. The fourth-order valence-electron chi connectivity index (χ4n) is 2.13. The van der Waals surface area contributed by atoms with Crippen LogP contribution in [-0.2, 0) is 6.54 Å². The van der Waals surface area contributed by atoms with E-state index in [1.807, 2.05) is 6.92 Å². The van der Waals surface area contributed by atoms with Crippen molar-refractivity contribution in [1.29, 1.82) is 0 Å². The Kier molecular flexibility index (Phi) is 5.50. The molecule has 1 atom stereocenters. The zero-order valence-electron chi connectivity index (χ0n) is 12.1. The van der Waals surface area contributed by atoms with Gasteiger partial charge >= 0.3 is 0 Å². The quantitative estimate of drug-likeness (QED) is 0.821. The molecule has 1 heterocycles. The molecule has 1 aromatic heterocycles. The van der Waals surface area contributed by atoms with E-state index < -0.39 is 0 Å². The van der Waals surface area contributed by atoms with Crippen LogP contribution in [0.4, 0.5) is 5.82 Å². The van der Waals surface area contributed by atoms with Gasteiger partial charge in [0.1, 0.15) is 11.6 Å². The van der Waals surface area contributed by atoms with Gasteiger partial charge in [0.15, 0.2) is 0 Å². The highest BCUT2D eigenvalue weighted by molar-refractivity contribution is 5.29. The highest BCUT2D eigenvalue weighted by Gasteiger charge is 2.14. The number of nitrogens with two attached hydrogens (primary N) is 1. The highest BCUT2D eigenvalue weighted by atomic mass is 15.2. The Labute approximate surface area is 110 Å². The van der Waals surface area contributed by atoms with Crippen LogP contribution >= 0.6 is 0 Å². The number of hydrogen-bond acceptors (Lipinski definition) is 5. The van der Waals surface area contributed by atoms with Crippen LogP contribution in [0.25, 0.3) is 0 Å². The Bertz CT molecular complexity index is 357. The maximum absolute atomic E-state index is 5.76. The van der Waals surface area contributed by atoms with Gasteiger partial charge in [0.05, 0.1) is 6.54 Å². The van der Waals surface area contributed by atoms with Crippen LogP contribution in [0.15, 0.2) is 6.07 Å². The molecule has 0 saturated heterocycles. The summed E-state index contributed by atoms with van der Waals surface area (Å²) in [4.78, 5) is 13.3. The standard InChI is InChI=1S/C13H25N5/c1-6-18(11(3)8-17(4)5)9-13-15-10(2)7-12(14)16-13/h7,11H,6,8-9H2,1-5H3,(H2,14,15,16). The number of anilines is 1. The van der Waals surface area contributed by atoms with Crippen LogP contribution in [0.2, 0.25) is 0 Å². The minimum Gasteiger partial charge on any atom is -0.384 e. The lowest BCUT2D eigenvalue weighted by molar-refractivity contribution is 0.170. The van der Waals surface area contributed by atoms with Gasteiger partial charge in [-0.2, -0.15) is 0 Å². The molecule has 5 nitrogen and oxygen atoms in total. The first-order valence-corrected chi connectivity index (χ1v) is 6.41. The third-order valence-electron chi connectivity index (χ3n) is 2.92. The van der Waals surface area contributed by atoms with Crippen molar-refractivity contribution in [3.63, 3.8) is 0 Å². The van der Waals surface area contributed by atoms with Crippen molar-refractivity contribution >= 4 is 5.82 Å². The first-order valence-electron chi connectivity index (χ1n) is 6.41. The van der Waals surface area contributed by atoms with Gasteiger partial charge in [0.25, 0.3) is 0 Å². The van der Waals surface area contributed by atoms with Gasteiger partial charge in [-0.15, -0.1) is 0 Å². The molecule has 0 bridgehead atoms. The summed E-state index contributed by atoms with van der Waals surface area (Å²) in [6.07, 6.45) is 0. The lowest BCUT2D eigenvalue weighted by Gasteiger charge is -2.29. The minimum absolute atomic E-state index is 0.468. The maximum atomic E-state index is 5.76. The van der Waals surface area contributed by atoms with Gasteiger partial charge in [0.2, 0.25) is 0 Å². The summed E-state index contributed by atoms with van der Waals surface area (Å²) in [5, 5.41) is 0. The predicted octanol–water partition coefficient (Wildman–Crippen LogP) is 1.14. The maximum Gasteiger partial charge on any atom is 0.144 e. The van der Waals surface area contributed by atoms with Crippen molar-refractivity contribution in [2.75, 3.05) is 32.9 Å². The van der Waals surface area contributed by atoms with Gasteiger partial charge in [0, 0.05) is 24.3 Å². The molecule has 102 valence electrons. The minimum atomic E-state index is 0.468. The second-order valence-electron chi connectivity index (χ2n) is 5.02. The molecule has 0 fully saturated rings. The summed E-state index contributed by atoms with van der Waals surface area (Å²) in [6.45, 7) is 9.08. The topological polar surface area (TPSA) is 58.3 Å². The van der Waals surface area contributed by atoms with Crippen molar-refractivity contribution < 1.29 is 0 Å². The Balaban J connectivity index is 2.72. The second kappa shape index (κ2) is 6.66. The van der Waals surface area contributed by atoms with Crippen LogP contribution in [0.5, 0.6) is 0 Å². The zero-order valence-corrected chi connectivity index (χ0v) is 12.1. The van der Waals surface area contributed by atoms with Crippen LogP contribution in [0.3, 0.4) is 0 Å². The molecule has 2 N–H and O–H groups in total. The number of likely N-dealkylation sites (N-methyl/N-ethyl adjacent to an activating group) is 2. The Morgan fingerprint density at radius 3 is 2.50 bits per heavy atom. The van der Waals surface area contributed by atoms with Gasteiger partial charge in [-0.1, -0.05) is 6.92 Å². The summed E-state index contributed by atoms with van der Waals surface area (Å²) in [6, 6.07) is 2.26. The summed E-state index contributed by atoms with van der Waals surface area (Å²) in [5.74, 6) is 1.36. The smallest absolute Gasteiger partial charge is 0.144 e. The number of aromatic nitrogens is 2. The van der Waals surface area contributed by atoms with Crippen LogP contribution in [0, 0.1) is 6.92 Å². The van der Waals surface area contributed by atoms with E-state index in [-0.39, 0.29) is 0 Å². The van der Waals surface area contributed by atoms with E-state index in [9.17, 15) is 0 Å². The molecule has 0 radical (unpaired) electrons. The lowest BCUT2D eigenvalue weighted by Crippen LogP contribution is -2.39. The summed E-state index contributed by atoms with van der Waals surface area (Å²) >= 11 is 0. The molecule has 0 amide bonds.